The van der Waals surface area contributed by atoms with Crippen molar-refractivity contribution in [1.29, 1.82) is 0 Å². The molecule has 0 unspecified atom stereocenters. The Hall–Kier alpha value is 0. The highest BCUT2D eigenvalue weighted by Gasteiger charge is 2.19. The zero-order valence-electron chi connectivity index (χ0n) is 6.57. The van der Waals surface area contributed by atoms with Crippen LogP contribution in [-0.2, 0) is 0 Å². The maximum Gasteiger partial charge on any atom is 0.345 e. The molecule has 0 saturated carbocycles. The van der Waals surface area contributed by atoms with E-state index in [0.29, 0.717) is 0 Å². The van der Waals surface area contributed by atoms with Gasteiger partial charge in [0.05, 0.1) is 26.2 Å². The van der Waals surface area contributed by atoms with E-state index in [0.717, 1.165) is 13.1 Å². The van der Waals surface area contributed by atoms with E-state index in [2.05, 4.69) is 15.2 Å². The summed E-state index contributed by atoms with van der Waals surface area (Å²) in [5, 5.41) is 6.70. The minimum atomic E-state index is 0. The van der Waals surface area contributed by atoms with Crippen LogP contribution in [0.2, 0.25) is 0 Å². The van der Waals surface area contributed by atoms with Gasteiger partial charge >= 0.3 is 5.96 Å². The first-order valence-electron chi connectivity index (χ1n) is 4.06. The van der Waals surface area contributed by atoms with Crippen molar-refractivity contribution in [2.45, 2.75) is 12.8 Å². The third-order valence-corrected chi connectivity index (χ3v) is 2.11. The van der Waals surface area contributed by atoms with E-state index in [1.54, 1.807) is 0 Å². The number of nitrogens with zero attached hydrogens (tertiary/aromatic N) is 1. The molecular weight excluding hydrogens is 253 g/mol. The monoisotopic (exact) mass is 267 g/mol. The van der Waals surface area contributed by atoms with E-state index < -0.39 is 0 Å². The van der Waals surface area contributed by atoms with Gasteiger partial charge in [-0.2, -0.15) is 0 Å². The molecule has 4 heteroatoms. The summed E-state index contributed by atoms with van der Waals surface area (Å²) in [6, 6.07) is 0. The van der Waals surface area contributed by atoms with Crippen LogP contribution in [0.4, 0.5) is 0 Å². The molecule has 2 aliphatic rings. The number of nitrogens with one attached hydrogen (secondary N) is 2. The van der Waals surface area contributed by atoms with Gasteiger partial charge in [0.25, 0.3) is 0 Å². The molecule has 0 aromatic rings. The number of hydrogen-bond acceptors (Lipinski definition) is 2. The molecule has 0 aromatic heterocycles. The first-order chi connectivity index (χ1) is 4.97. The fourth-order valence-electron chi connectivity index (χ4n) is 1.57. The quantitative estimate of drug-likeness (QED) is 0.350. The maximum atomic E-state index is 3.35. The second-order valence-corrected chi connectivity index (χ2v) is 2.90. The lowest BCUT2D eigenvalue weighted by atomic mass is 10.3. The Labute approximate surface area is 84.3 Å². The summed E-state index contributed by atoms with van der Waals surface area (Å²) < 4.78 is 2.40. The Bertz CT molecular complexity index is 133. The van der Waals surface area contributed by atoms with Crippen LogP contribution in [0, 0.1) is 0 Å². The molecule has 2 heterocycles. The lowest BCUT2D eigenvalue weighted by molar-refractivity contribution is -0.539. The molecule has 2 N–H and O–H groups in total. The van der Waals surface area contributed by atoms with Crippen molar-refractivity contribution in [3.8, 4) is 0 Å². The van der Waals surface area contributed by atoms with Gasteiger partial charge in [0.2, 0.25) is 0 Å². The van der Waals surface area contributed by atoms with Crippen LogP contribution in [0.3, 0.4) is 0 Å². The number of hydrogen-bond donors (Lipinski definition) is 2. The zero-order valence-corrected chi connectivity index (χ0v) is 8.73. The molecule has 3 nitrogen and oxygen atoms in total. The molecule has 0 spiro atoms. The van der Waals surface area contributed by atoms with Crippen molar-refractivity contribution in [3.05, 3.63) is 0 Å². The third kappa shape index (κ3) is 1.98. The highest BCUT2D eigenvalue weighted by Crippen LogP contribution is 1.95. The Morgan fingerprint density at radius 2 is 1.55 bits per heavy atom. The van der Waals surface area contributed by atoms with Gasteiger partial charge in [0, 0.05) is 12.8 Å². The van der Waals surface area contributed by atoms with Crippen LogP contribution in [0.25, 0.3) is 0 Å². The van der Waals surface area contributed by atoms with Crippen molar-refractivity contribution in [2.75, 3.05) is 26.2 Å². The lowest BCUT2D eigenvalue weighted by Gasteiger charge is -2.22. The van der Waals surface area contributed by atoms with Crippen molar-refractivity contribution in [1.82, 2.24) is 10.6 Å². The predicted octanol–water partition coefficient (Wildman–Crippen LogP) is -3.65. The summed E-state index contributed by atoms with van der Waals surface area (Å²) in [6.45, 7) is 4.74. The normalized spacial score (nSPS) is 22.5. The highest BCUT2D eigenvalue weighted by atomic mass is 127. The fourth-order valence-corrected chi connectivity index (χ4v) is 1.57. The second kappa shape index (κ2) is 4.13. The second-order valence-electron chi connectivity index (χ2n) is 2.90. The van der Waals surface area contributed by atoms with Gasteiger partial charge in [0.1, 0.15) is 0 Å². The van der Waals surface area contributed by atoms with Crippen LogP contribution < -0.4 is 34.6 Å². The molecule has 0 amide bonds. The largest absolute Gasteiger partial charge is 1.00 e. The summed E-state index contributed by atoms with van der Waals surface area (Å²) >= 11 is 0. The van der Waals surface area contributed by atoms with E-state index in [-0.39, 0.29) is 24.0 Å². The summed E-state index contributed by atoms with van der Waals surface area (Å²) in [4.78, 5) is 0. The Balaban J connectivity index is 0.000000605. The molecule has 0 atom stereocenters. The van der Waals surface area contributed by atoms with E-state index in [1.165, 1.54) is 31.9 Å². The molecule has 0 aliphatic carbocycles. The predicted molar refractivity (Wildman–Crippen MR) is 40.2 cm³/mol. The van der Waals surface area contributed by atoms with Crippen molar-refractivity contribution < 1.29 is 28.6 Å². The Kier molecular flexibility index (Phi) is 3.42. The molecule has 0 fully saturated rings. The summed E-state index contributed by atoms with van der Waals surface area (Å²) in [5.41, 5.74) is 0. The molecule has 0 saturated heterocycles. The van der Waals surface area contributed by atoms with Crippen LogP contribution in [-0.4, -0.2) is 36.7 Å². The van der Waals surface area contributed by atoms with Gasteiger partial charge in [0.15, 0.2) is 0 Å². The third-order valence-electron chi connectivity index (χ3n) is 2.11. The van der Waals surface area contributed by atoms with Gasteiger partial charge in [-0.25, -0.2) is 0 Å². The minimum Gasteiger partial charge on any atom is -1.00 e. The summed E-state index contributed by atoms with van der Waals surface area (Å²) in [6.07, 6.45) is 2.57. The number of rotatable bonds is 0. The Morgan fingerprint density at radius 1 is 1.00 bits per heavy atom. The zero-order chi connectivity index (χ0) is 6.81. The first-order valence-corrected chi connectivity index (χ1v) is 4.06. The van der Waals surface area contributed by atoms with Crippen LogP contribution in [0.15, 0.2) is 0 Å². The average molecular weight is 267 g/mol. The summed E-state index contributed by atoms with van der Waals surface area (Å²) in [7, 11) is 0. The Morgan fingerprint density at radius 3 is 2.00 bits per heavy atom. The van der Waals surface area contributed by atoms with Crippen LogP contribution in [0.1, 0.15) is 12.8 Å². The number of guanidine groups is 1. The van der Waals surface area contributed by atoms with Crippen molar-refractivity contribution >= 4 is 5.96 Å². The fraction of sp³-hybridized carbons (Fsp3) is 0.857. The van der Waals surface area contributed by atoms with Crippen molar-refractivity contribution in [3.63, 3.8) is 0 Å². The van der Waals surface area contributed by atoms with Gasteiger partial charge in [-0.05, 0) is 0 Å². The lowest BCUT2D eigenvalue weighted by Crippen LogP contribution is -3.00. The van der Waals surface area contributed by atoms with Crippen LogP contribution in [0.5, 0.6) is 0 Å². The van der Waals surface area contributed by atoms with E-state index >= 15 is 0 Å². The first kappa shape index (κ1) is 9.09. The molecule has 64 valence electrons. The SMILES string of the molecule is C1CNC2=[N+](C1)CCCN2.[I-]. The molecule has 0 aromatic carbocycles. The smallest absolute Gasteiger partial charge is 0.345 e. The van der Waals surface area contributed by atoms with E-state index in [9.17, 15) is 0 Å². The standard InChI is InChI=1S/C7H13N3.HI/c1-3-8-7-9-4-2-6-10(7)5-1;/h1-6H2,(H,8,9);1H. The van der Waals surface area contributed by atoms with Gasteiger partial charge < -0.3 is 24.0 Å². The molecule has 2 aliphatic heterocycles. The topological polar surface area (TPSA) is 27.1 Å². The average Bonchev–Trinajstić information content (AvgIpc) is 2.05. The molecule has 0 radical (unpaired) electrons. The molecular formula is C7H14IN3. The van der Waals surface area contributed by atoms with Crippen molar-refractivity contribution in [2.24, 2.45) is 0 Å². The highest BCUT2D eigenvalue weighted by molar-refractivity contribution is 5.75. The van der Waals surface area contributed by atoms with Gasteiger partial charge in [-0.3, -0.25) is 15.2 Å². The molecule has 11 heavy (non-hydrogen) atoms. The summed E-state index contributed by atoms with van der Waals surface area (Å²) in [5.74, 6) is 1.26. The number of halogens is 1. The maximum absolute atomic E-state index is 3.35. The van der Waals surface area contributed by atoms with Gasteiger partial charge in [-0.1, -0.05) is 0 Å². The van der Waals surface area contributed by atoms with E-state index in [1.807, 2.05) is 0 Å². The minimum absolute atomic E-state index is 0. The van der Waals surface area contributed by atoms with Gasteiger partial charge in [-0.15, -0.1) is 0 Å². The van der Waals surface area contributed by atoms with Crippen LogP contribution >= 0.6 is 0 Å². The molecule has 2 rings (SSSR count). The van der Waals surface area contributed by atoms with E-state index in [4.69, 9.17) is 0 Å². The molecule has 0 bridgehead atoms.